The number of hydrogen-bond acceptors (Lipinski definition) is 6. The number of esters is 1. The SMILES string of the molecule is CCNC(=NCc1ccc(OC)c(C(=O)OC)c1)NC1CCN(C(=O)OCC)CC1.I. The minimum Gasteiger partial charge on any atom is -0.496 e. The number of piperidine rings is 1. The second-order valence-corrected chi connectivity index (χ2v) is 6.83. The van der Waals surface area contributed by atoms with Crippen LogP contribution in [-0.2, 0) is 16.0 Å². The normalized spacial score (nSPS) is 14.3. The van der Waals surface area contributed by atoms with Gasteiger partial charge in [0.1, 0.15) is 11.3 Å². The number of carbonyl (C=O) groups is 2. The van der Waals surface area contributed by atoms with Crippen LogP contribution in [0.1, 0.15) is 42.6 Å². The van der Waals surface area contributed by atoms with E-state index in [1.165, 1.54) is 14.2 Å². The van der Waals surface area contributed by atoms with Gasteiger partial charge in [-0.3, -0.25) is 0 Å². The predicted molar refractivity (Wildman–Crippen MR) is 129 cm³/mol. The number of guanidine groups is 1. The smallest absolute Gasteiger partial charge is 0.409 e. The average Bonchev–Trinajstić information content (AvgIpc) is 2.77. The Morgan fingerprint density at radius 2 is 1.90 bits per heavy atom. The number of rotatable bonds is 7. The number of nitrogens with zero attached hydrogens (tertiary/aromatic N) is 2. The van der Waals surface area contributed by atoms with Gasteiger partial charge in [-0.1, -0.05) is 6.07 Å². The van der Waals surface area contributed by atoms with E-state index in [9.17, 15) is 9.59 Å². The zero-order chi connectivity index (χ0) is 21.9. The fourth-order valence-corrected chi connectivity index (χ4v) is 3.23. The van der Waals surface area contributed by atoms with Gasteiger partial charge in [0.05, 0.1) is 27.4 Å². The van der Waals surface area contributed by atoms with Gasteiger partial charge in [-0.05, 0) is 44.4 Å². The van der Waals surface area contributed by atoms with Gasteiger partial charge in [-0.25, -0.2) is 14.6 Å². The first-order chi connectivity index (χ1) is 14.5. The molecule has 0 radical (unpaired) electrons. The van der Waals surface area contributed by atoms with Crippen LogP contribution in [0.3, 0.4) is 0 Å². The van der Waals surface area contributed by atoms with E-state index in [0.717, 1.165) is 24.9 Å². The monoisotopic (exact) mass is 548 g/mol. The van der Waals surface area contributed by atoms with E-state index < -0.39 is 5.97 Å². The van der Waals surface area contributed by atoms with E-state index in [1.807, 2.05) is 19.9 Å². The lowest BCUT2D eigenvalue weighted by Gasteiger charge is -2.32. The zero-order valence-electron chi connectivity index (χ0n) is 18.6. The molecule has 1 aromatic rings. The number of amides is 1. The Balaban J connectivity index is 0.00000480. The zero-order valence-corrected chi connectivity index (χ0v) is 20.9. The lowest BCUT2D eigenvalue weighted by atomic mass is 10.1. The van der Waals surface area contributed by atoms with Gasteiger partial charge in [0.25, 0.3) is 0 Å². The fourth-order valence-electron chi connectivity index (χ4n) is 3.23. The molecule has 1 heterocycles. The standard InChI is InChI=1S/C21H32N4O5.HI/c1-5-22-20(24-16-9-11-25(12-10-16)21(27)30-6-2)23-14-15-7-8-18(28-3)17(13-15)19(26)29-4;/h7-8,13,16H,5-6,9-12,14H2,1-4H3,(H2,22,23,24);1H. The van der Waals surface area contributed by atoms with E-state index in [-0.39, 0.29) is 36.1 Å². The van der Waals surface area contributed by atoms with Crippen molar-refractivity contribution >= 4 is 42.0 Å². The molecule has 0 bridgehead atoms. The number of halogens is 1. The Kier molecular flexibility index (Phi) is 12.1. The van der Waals surface area contributed by atoms with E-state index in [0.29, 0.717) is 43.5 Å². The summed E-state index contributed by atoms with van der Waals surface area (Å²) in [5.41, 5.74) is 1.24. The van der Waals surface area contributed by atoms with Crippen molar-refractivity contribution in [1.29, 1.82) is 0 Å². The Morgan fingerprint density at radius 1 is 1.19 bits per heavy atom. The number of likely N-dealkylation sites (tertiary alicyclic amines) is 1. The molecule has 2 rings (SSSR count). The highest BCUT2D eigenvalue weighted by atomic mass is 127. The van der Waals surface area contributed by atoms with Crippen LogP contribution in [0.2, 0.25) is 0 Å². The lowest BCUT2D eigenvalue weighted by Crippen LogP contribution is -2.49. The van der Waals surface area contributed by atoms with Gasteiger partial charge in [0.15, 0.2) is 5.96 Å². The van der Waals surface area contributed by atoms with Gasteiger partial charge < -0.3 is 29.7 Å². The molecular weight excluding hydrogens is 515 g/mol. The number of hydrogen-bond donors (Lipinski definition) is 2. The molecule has 174 valence electrons. The Bertz CT molecular complexity index is 751. The number of carbonyl (C=O) groups excluding carboxylic acids is 2. The van der Waals surface area contributed by atoms with Crippen molar-refractivity contribution in [2.45, 2.75) is 39.3 Å². The lowest BCUT2D eigenvalue weighted by molar-refractivity contribution is 0.0596. The van der Waals surface area contributed by atoms with E-state index in [4.69, 9.17) is 14.2 Å². The molecule has 0 spiro atoms. The first kappa shape index (κ1) is 26.8. The summed E-state index contributed by atoms with van der Waals surface area (Å²) in [6.45, 7) is 6.62. The summed E-state index contributed by atoms with van der Waals surface area (Å²) in [4.78, 5) is 30.2. The van der Waals surface area contributed by atoms with Crippen molar-refractivity contribution in [2.24, 2.45) is 4.99 Å². The average molecular weight is 548 g/mol. The molecule has 31 heavy (non-hydrogen) atoms. The van der Waals surface area contributed by atoms with Crippen LogP contribution in [0.25, 0.3) is 0 Å². The van der Waals surface area contributed by atoms with Crippen molar-refractivity contribution in [2.75, 3.05) is 40.5 Å². The van der Waals surface area contributed by atoms with Crippen LogP contribution in [0.4, 0.5) is 4.79 Å². The molecule has 0 saturated carbocycles. The molecule has 2 N–H and O–H groups in total. The van der Waals surface area contributed by atoms with Crippen LogP contribution in [-0.4, -0.2) is 69.4 Å². The molecular formula is C21H33IN4O5. The van der Waals surface area contributed by atoms with Gasteiger partial charge >= 0.3 is 12.1 Å². The Morgan fingerprint density at radius 3 is 2.48 bits per heavy atom. The van der Waals surface area contributed by atoms with Crippen LogP contribution < -0.4 is 15.4 Å². The Hall–Kier alpha value is -2.24. The molecule has 0 unspecified atom stereocenters. The predicted octanol–water partition coefficient (Wildman–Crippen LogP) is 2.78. The largest absolute Gasteiger partial charge is 0.496 e. The highest BCUT2D eigenvalue weighted by Crippen LogP contribution is 2.21. The maximum absolute atomic E-state index is 12.0. The molecule has 1 fully saturated rings. The fraction of sp³-hybridized carbons (Fsp3) is 0.571. The number of benzene rings is 1. The number of aliphatic imine (C=N–C) groups is 1. The summed E-state index contributed by atoms with van der Waals surface area (Å²) in [7, 11) is 2.85. The van der Waals surface area contributed by atoms with Crippen molar-refractivity contribution < 1.29 is 23.8 Å². The van der Waals surface area contributed by atoms with E-state index >= 15 is 0 Å². The van der Waals surface area contributed by atoms with Crippen LogP contribution in [0.5, 0.6) is 5.75 Å². The Labute approximate surface area is 200 Å². The molecule has 1 aromatic carbocycles. The summed E-state index contributed by atoms with van der Waals surface area (Å²) in [5, 5.41) is 6.68. The summed E-state index contributed by atoms with van der Waals surface area (Å²) in [6.07, 6.45) is 1.38. The molecule has 9 nitrogen and oxygen atoms in total. The molecule has 0 aromatic heterocycles. The number of nitrogens with one attached hydrogen (secondary N) is 2. The number of methoxy groups -OCH3 is 2. The summed E-state index contributed by atoms with van der Waals surface area (Å²) < 4.78 is 15.1. The molecule has 0 atom stereocenters. The molecule has 1 saturated heterocycles. The highest BCUT2D eigenvalue weighted by molar-refractivity contribution is 14.0. The third-order valence-electron chi connectivity index (χ3n) is 4.79. The number of ether oxygens (including phenoxy) is 3. The van der Waals surface area contributed by atoms with Gasteiger partial charge in [0.2, 0.25) is 0 Å². The van der Waals surface area contributed by atoms with E-state index in [2.05, 4.69) is 15.6 Å². The third kappa shape index (κ3) is 8.08. The van der Waals surface area contributed by atoms with E-state index in [1.54, 1.807) is 17.0 Å². The topological polar surface area (TPSA) is 101 Å². The summed E-state index contributed by atoms with van der Waals surface area (Å²) >= 11 is 0. The van der Waals surface area contributed by atoms with Crippen molar-refractivity contribution in [3.63, 3.8) is 0 Å². The van der Waals surface area contributed by atoms with Crippen LogP contribution >= 0.6 is 24.0 Å². The van der Waals surface area contributed by atoms with Gasteiger partial charge in [0, 0.05) is 25.7 Å². The summed E-state index contributed by atoms with van der Waals surface area (Å²) in [6, 6.07) is 5.56. The minimum atomic E-state index is -0.448. The van der Waals surface area contributed by atoms with Gasteiger partial charge in [-0.15, -0.1) is 24.0 Å². The molecule has 0 aliphatic carbocycles. The minimum absolute atomic E-state index is 0. The highest BCUT2D eigenvalue weighted by Gasteiger charge is 2.24. The molecule has 1 aliphatic rings. The van der Waals surface area contributed by atoms with Crippen LogP contribution in [0, 0.1) is 0 Å². The maximum atomic E-state index is 12.0. The van der Waals surface area contributed by atoms with Crippen molar-refractivity contribution in [1.82, 2.24) is 15.5 Å². The first-order valence-electron chi connectivity index (χ1n) is 10.2. The molecule has 10 heteroatoms. The quantitative estimate of drug-likeness (QED) is 0.234. The molecule has 1 aliphatic heterocycles. The second-order valence-electron chi connectivity index (χ2n) is 6.83. The second kappa shape index (κ2) is 13.9. The third-order valence-corrected chi connectivity index (χ3v) is 4.79. The van der Waals surface area contributed by atoms with Gasteiger partial charge in [-0.2, -0.15) is 0 Å². The first-order valence-corrected chi connectivity index (χ1v) is 10.2. The molecule has 1 amide bonds. The van der Waals surface area contributed by atoms with Crippen molar-refractivity contribution in [3.8, 4) is 5.75 Å². The maximum Gasteiger partial charge on any atom is 0.409 e. The van der Waals surface area contributed by atoms with Crippen LogP contribution in [0.15, 0.2) is 23.2 Å². The summed E-state index contributed by atoms with van der Waals surface area (Å²) in [5.74, 6) is 0.714. The van der Waals surface area contributed by atoms with Crippen molar-refractivity contribution in [3.05, 3.63) is 29.3 Å².